The van der Waals surface area contributed by atoms with Crippen molar-refractivity contribution < 1.29 is 29.6 Å². The summed E-state index contributed by atoms with van der Waals surface area (Å²) in [6, 6.07) is 16.4. The normalized spacial score (nSPS) is 26.1. The Bertz CT molecular complexity index is 2280. The van der Waals surface area contributed by atoms with E-state index in [1.165, 1.54) is 5.57 Å². The molecule has 8 rings (SSSR count). The van der Waals surface area contributed by atoms with Gasteiger partial charge in [0.05, 0.1) is 19.3 Å². The number of aliphatic hydroxyl groups is 1. The van der Waals surface area contributed by atoms with Gasteiger partial charge in [0.1, 0.15) is 5.75 Å². The van der Waals surface area contributed by atoms with E-state index in [4.69, 9.17) is 20.2 Å². The molecule has 63 heavy (non-hydrogen) atoms. The highest BCUT2D eigenvalue weighted by Crippen LogP contribution is 2.59. The number of allylic oxidation sites excluding steroid dienone is 4. The second-order valence-electron chi connectivity index (χ2n) is 19.1. The number of rotatable bonds is 12. The number of carbonyl (C=O) groups is 1. The van der Waals surface area contributed by atoms with Gasteiger partial charge in [-0.05, 0) is 152 Å². The minimum atomic E-state index is -0.181. The lowest BCUT2D eigenvalue weighted by atomic mass is 9.55. The van der Waals surface area contributed by atoms with Crippen LogP contribution in [0.5, 0.6) is 17.2 Å². The molecule has 0 aromatic heterocycles. The van der Waals surface area contributed by atoms with Crippen molar-refractivity contribution in [2.75, 3.05) is 20.3 Å². The van der Waals surface area contributed by atoms with Crippen LogP contribution in [-0.4, -0.2) is 59.5 Å². The van der Waals surface area contributed by atoms with Crippen LogP contribution in [0.1, 0.15) is 135 Å². The van der Waals surface area contributed by atoms with Crippen LogP contribution in [0.15, 0.2) is 77.3 Å². The summed E-state index contributed by atoms with van der Waals surface area (Å²) in [7, 11) is 1.77. The first-order chi connectivity index (χ1) is 30.6. The highest BCUT2D eigenvalue weighted by atomic mass is 16.5. The lowest BCUT2D eigenvalue weighted by molar-refractivity contribution is -0.114. The van der Waals surface area contributed by atoms with Crippen LogP contribution in [0.2, 0.25) is 0 Å². The molecule has 9 nitrogen and oxygen atoms in total. The zero-order valence-corrected chi connectivity index (χ0v) is 37.5. The Labute approximate surface area is 374 Å². The number of aliphatic hydroxyl groups excluding tert-OH is 1. The Morgan fingerprint density at radius 1 is 1.06 bits per heavy atom. The minimum Gasteiger partial charge on any atom is -0.508 e. The van der Waals surface area contributed by atoms with Crippen molar-refractivity contribution in [1.29, 1.82) is 0 Å². The molecule has 0 saturated heterocycles. The van der Waals surface area contributed by atoms with Gasteiger partial charge < -0.3 is 35.8 Å². The number of ketones is 1. The van der Waals surface area contributed by atoms with E-state index in [9.17, 15) is 20.1 Å². The molecule has 1 heterocycles. The highest BCUT2D eigenvalue weighted by Gasteiger charge is 2.48. The SMILES string of the molecule is CCC(C=CC(=O)CCc1cc(OC2CCCC2)c(O)c2c1C#CCC1CC3C=C4C(CC(C)CC4C2C3COC)c2cc(O)cc(c2)Cc2cccc(c2)CN=C(N)N1)CCO. The van der Waals surface area contributed by atoms with Crippen molar-refractivity contribution in [3.63, 3.8) is 0 Å². The molecule has 334 valence electrons. The number of nitrogens with two attached hydrogens (primary N) is 1. The lowest BCUT2D eigenvalue weighted by Crippen LogP contribution is -2.45. The van der Waals surface area contributed by atoms with Crippen molar-refractivity contribution in [2.45, 2.75) is 128 Å². The number of benzene rings is 3. The van der Waals surface area contributed by atoms with Gasteiger partial charge in [0.15, 0.2) is 23.2 Å². The second kappa shape index (κ2) is 20.2. The zero-order valence-electron chi connectivity index (χ0n) is 37.5. The van der Waals surface area contributed by atoms with E-state index in [0.29, 0.717) is 56.5 Å². The van der Waals surface area contributed by atoms with Crippen LogP contribution < -0.4 is 15.8 Å². The highest BCUT2D eigenvalue weighted by molar-refractivity contribution is 5.89. The maximum atomic E-state index is 13.6. The van der Waals surface area contributed by atoms with E-state index in [-0.39, 0.29) is 78.0 Å². The molecule has 0 amide bonds. The van der Waals surface area contributed by atoms with Crippen molar-refractivity contribution in [1.82, 2.24) is 5.32 Å². The van der Waals surface area contributed by atoms with E-state index >= 15 is 0 Å². The summed E-state index contributed by atoms with van der Waals surface area (Å²) in [5.74, 6) is 8.87. The number of hydrogen-bond donors (Lipinski definition) is 5. The van der Waals surface area contributed by atoms with Gasteiger partial charge in [-0.25, -0.2) is 4.99 Å². The van der Waals surface area contributed by atoms with Gasteiger partial charge in [-0.1, -0.05) is 73.7 Å². The van der Waals surface area contributed by atoms with E-state index < -0.39 is 0 Å². The maximum Gasteiger partial charge on any atom is 0.189 e. The Hall–Kier alpha value is -5.04. The Balaban J connectivity index is 1.32. The quantitative estimate of drug-likeness (QED) is 0.0689. The molecule has 8 bridgehead atoms. The smallest absolute Gasteiger partial charge is 0.189 e. The molecule has 4 aliphatic carbocycles. The maximum absolute atomic E-state index is 13.6. The van der Waals surface area contributed by atoms with Crippen molar-refractivity contribution in [3.8, 4) is 29.1 Å². The predicted octanol–water partition coefficient (Wildman–Crippen LogP) is 9.14. The van der Waals surface area contributed by atoms with Crippen molar-refractivity contribution >= 4 is 11.7 Å². The van der Waals surface area contributed by atoms with Gasteiger partial charge in [0.25, 0.3) is 0 Å². The summed E-state index contributed by atoms with van der Waals surface area (Å²) in [6.07, 6.45) is 16.1. The average Bonchev–Trinajstić information content (AvgIpc) is 3.78. The van der Waals surface area contributed by atoms with Gasteiger partial charge in [0.2, 0.25) is 0 Å². The van der Waals surface area contributed by atoms with Gasteiger partial charge in [-0.2, -0.15) is 0 Å². The predicted molar refractivity (Wildman–Crippen MR) is 249 cm³/mol. The van der Waals surface area contributed by atoms with E-state index in [1.54, 1.807) is 13.2 Å². The van der Waals surface area contributed by atoms with Crippen molar-refractivity contribution in [3.05, 3.63) is 111 Å². The molecule has 5 aliphatic rings. The number of fused-ring (bicyclic) bond motifs is 10. The molecule has 9 heteroatoms. The number of hydrogen-bond acceptors (Lipinski definition) is 9. The molecule has 2 fully saturated rings. The fraction of sp³-hybridized carbons (Fsp3) is 0.519. The van der Waals surface area contributed by atoms with Gasteiger partial charge in [0, 0.05) is 55.6 Å². The number of nitrogens with one attached hydrogen (secondary N) is 1. The Morgan fingerprint density at radius 3 is 2.68 bits per heavy atom. The number of aliphatic imine (C=N–C) groups is 1. The van der Waals surface area contributed by atoms with Crippen LogP contribution in [0.4, 0.5) is 0 Å². The van der Waals surface area contributed by atoms with E-state index in [1.807, 2.05) is 24.3 Å². The number of nitrogens with zero attached hydrogens (tertiary/aromatic N) is 1. The number of aromatic hydroxyl groups is 2. The molecule has 0 radical (unpaired) electrons. The zero-order chi connectivity index (χ0) is 44.0. The number of ether oxygens (including phenoxy) is 2. The van der Waals surface area contributed by atoms with Crippen molar-refractivity contribution in [2.24, 2.45) is 40.3 Å². The molecule has 6 N–H and O–H groups in total. The molecule has 0 spiro atoms. The summed E-state index contributed by atoms with van der Waals surface area (Å²) in [5.41, 5.74) is 14.9. The number of methoxy groups -OCH3 is 1. The first-order valence-electron chi connectivity index (χ1n) is 23.6. The number of phenols is 2. The topological polar surface area (TPSA) is 147 Å². The average molecular weight is 854 g/mol. The second-order valence-corrected chi connectivity index (χ2v) is 19.1. The third kappa shape index (κ3) is 10.3. The van der Waals surface area contributed by atoms with E-state index in [0.717, 1.165) is 90.3 Å². The third-order valence-electron chi connectivity index (χ3n) is 14.6. The molecule has 8 unspecified atom stereocenters. The van der Waals surface area contributed by atoms with Crippen LogP contribution in [0.25, 0.3) is 0 Å². The fourth-order valence-electron chi connectivity index (χ4n) is 11.5. The molecular formula is C54H67N3O6. The number of carbonyl (C=O) groups excluding carboxylic acids is 1. The standard InChI is InChI=1S/C54H67N3O6/c1-4-34(19-20-58)15-17-42(59)18-16-38-30-50(63-44-12-5-6-13-44)53(61)52-45(38)14-8-11-41-27-40-29-47-46(21-33(2)22-48(47)51(52)49(40)32-62-3)39-25-37(26-43(60)28-39)24-35-9-7-10-36(23-35)31-56-54(55)57-41/h7,9-10,15,17,23,25-26,28-30,33-34,40-41,44,46,48-49,51,58,60-61H,4-6,11-13,16,18-22,24,27,31-32H2,1-3H3,(H3,55,56,57). The summed E-state index contributed by atoms with van der Waals surface area (Å²) in [6.45, 7) is 5.39. The van der Waals surface area contributed by atoms with Crippen LogP contribution in [0, 0.1) is 41.4 Å². The molecule has 2 saturated carbocycles. The van der Waals surface area contributed by atoms with Crippen LogP contribution in [0.3, 0.4) is 0 Å². The minimum absolute atomic E-state index is 0.00917. The van der Waals surface area contributed by atoms with E-state index in [2.05, 4.69) is 67.4 Å². The summed E-state index contributed by atoms with van der Waals surface area (Å²) >= 11 is 0. The lowest BCUT2D eigenvalue weighted by Gasteiger charge is -2.50. The first-order valence-corrected chi connectivity index (χ1v) is 23.6. The monoisotopic (exact) mass is 854 g/mol. The molecule has 8 atom stereocenters. The number of phenolic OH excluding ortho intramolecular Hbond substituents is 2. The molecule has 3 aromatic carbocycles. The van der Waals surface area contributed by atoms with Gasteiger partial charge >= 0.3 is 0 Å². The Kier molecular flexibility index (Phi) is 14.3. The molecule has 3 aromatic rings. The van der Waals surface area contributed by atoms with Gasteiger partial charge in [-0.3, -0.25) is 4.79 Å². The molecule has 1 aliphatic heterocycles. The van der Waals surface area contributed by atoms with Gasteiger partial charge in [-0.15, -0.1) is 0 Å². The summed E-state index contributed by atoms with van der Waals surface area (Å²) in [4.78, 5) is 18.4. The molecular weight excluding hydrogens is 787 g/mol. The first kappa shape index (κ1) is 44.6. The third-order valence-corrected chi connectivity index (χ3v) is 14.6. The summed E-state index contributed by atoms with van der Waals surface area (Å²) in [5, 5.41) is 37.3. The Morgan fingerprint density at radius 2 is 1.89 bits per heavy atom. The van der Waals surface area contributed by atoms with Crippen LogP contribution in [-0.2, 0) is 28.9 Å². The fourth-order valence-corrected chi connectivity index (χ4v) is 11.5. The summed E-state index contributed by atoms with van der Waals surface area (Å²) < 4.78 is 12.9. The number of guanidine groups is 1. The number of aryl methyl sites for hydroxylation is 1. The largest absolute Gasteiger partial charge is 0.508 e. The van der Waals surface area contributed by atoms with Crippen LogP contribution >= 0.6 is 0 Å².